The van der Waals surface area contributed by atoms with E-state index in [0.717, 1.165) is 34.8 Å². The molecule has 3 rings (SSSR count). The molecule has 0 saturated carbocycles. The molecule has 0 atom stereocenters. The molecule has 0 amide bonds. The van der Waals surface area contributed by atoms with Gasteiger partial charge in [0.1, 0.15) is 5.82 Å². The molecule has 1 aliphatic heterocycles. The van der Waals surface area contributed by atoms with Crippen LogP contribution in [0.15, 0.2) is 42.5 Å². The van der Waals surface area contributed by atoms with E-state index in [1.165, 1.54) is 16.4 Å². The van der Waals surface area contributed by atoms with Gasteiger partial charge < -0.3 is 5.32 Å². The van der Waals surface area contributed by atoms with Gasteiger partial charge in [0.25, 0.3) is 0 Å². The maximum atomic E-state index is 14.4. The van der Waals surface area contributed by atoms with Crippen LogP contribution in [0.1, 0.15) is 24.0 Å². The van der Waals surface area contributed by atoms with Crippen molar-refractivity contribution in [3.8, 4) is 0 Å². The second-order valence-corrected chi connectivity index (χ2v) is 8.28. The van der Waals surface area contributed by atoms with Gasteiger partial charge in [-0.25, -0.2) is 8.70 Å². The molecule has 0 aliphatic carbocycles. The minimum Gasteiger partial charge on any atom is -0.320 e. The van der Waals surface area contributed by atoms with Crippen molar-refractivity contribution in [3.05, 3.63) is 59.4 Å². The molecule has 0 fully saturated rings. The molecule has 140 valence electrons. The minimum atomic E-state index is -3.85. The SMILES string of the molecule is CNCCCCN1Cc2cc(C)ccc2N(c2ccccc2F)S1(=O)=O. The maximum absolute atomic E-state index is 14.4. The van der Waals surface area contributed by atoms with Gasteiger partial charge in [-0.1, -0.05) is 29.8 Å². The zero-order valence-electron chi connectivity index (χ0n) is 15.1. The summed E-state index contributed by atoms with van der Waals surface area (Å²) in [4.78, 5) is 0. The van der Waals surface area contributed by atoms with Crippen LogP contribution in [0, 0.1) is 12.7 Å². The van der Waals surface area contributed by atoms with E-state index in [2.05, 4.69) is 5.32 Å². The van der Waals surface area contributed by atoms with Crippen LogP contribution in [0.3, 0.4) is 0 Å². The zero-order valence-corrected chi connectivity index (χ0v) is 15.9. The van der Waals surface area contributed by atoms with Gasteiger partial charge in [0.15, 0.2) is 0 Å². The Morgan fingerprint density at radius 2 is 1.88 bits per heavy atom. The molecule has 5 nitrogen and oxygen atoms in total. The molecule has 0 radical (unpaired) electrons. The third-order valence-electron chi connectivity index (χ3n) is 4.51. The lowest BCUT2D eigenvalue weighted by Gasteiger charge is -2.37. The van der Waals surface area contributed by atoms with Gasteiger partial charge in [0.2, 0.25) is 0 Å². The monoisotopic (exact) mass is 377 g/mol. The minimum absolute atomic E-state index is 0.0533. The Morgan fingerprint density at radius 1 is 1.12 bits per heavy atom. The molecule has 26 heavy (non-hydrogen) atoms. The van der Waals surface area contributed by atoms with Crippen molar-refractivity contribution in [3.63, 3.8) is 0 Å². The fourth-order valence-electron chi connectivity index (χ4n) is 3.21. The normalized spacial score (nSPS) is 16.5. The first-order valence-corrected chi connectivity index (χ1v) is 10.1. The average Bonchev–Trinajstić information content (AvgIpc) is 2.60. The number of nitrogens with one attached hydrogen (secondary N) is 1. The smallest absolute Gasteiger partial charge is 0.308 e. The fourth-order valence-corrected chi connectivity index (χ4v) is 4.92. The Kier molecular flexibility index (Phi) is 5.60. The number of para-hydroxylation sites is 1. The molecule has 7 heteroatoms. The van der Waals surface area contributed by atoms with E-state index in [4.69, 9.17) is 0 Å². The van der Waals surface area contributed by atoms with E-state index in [0.29, 0.717) is 18.8 Å². The summed E-state index contributed by atoms with van der Waals surface area (Å²) in [5.74, 6) is -0.556. The number of anilines is 2. The van der Waals surface area contributed by atoms with Gasteiger partial charge in [-0.2, -0.15) is 12.7 Å². The lowest BCUT2D eigenvalue weighted by molar-refractivity contribution is 0.388. The molecule has 0 unspecified atom stereocenters. The van der Waals surface area contributed by atoms with Crippen LogP contribution < -0.4 is 9.62 Å². The van der Waals surface area contributed by atoms with Crippen LogP contribution in [0.2, 0.25) is 0 Å². The van der Waals surface area contributed by atoms with Crippen molar-refractivity contribution in [2.24, 2.45) is 0 Å². The predicted molar refractivity (Wildman–Crippen MR) is 102 cm³/mol. The third kappa shape index (κ3) is 3.60. The second-order valence-electron chi connectivity index (χ2n) is 6.50. The molecule has 1 heterocycles. The topological polar surface area (TPSA) is 52.6 Å². The van der Waals surface area contributed by atoms with Gasteiger partial charge in [-0.15, -0.1) is 0 Å². The second kappa shape index (κ2) is 7.73. The van der Waals surface area contributed by atoms with Crippen LogP contribution in [0.25, 0.3) is 0 Å². The largest absolute Gasteiger partial charge is 0.320 e. The first kappa shape index (κ1) is 18.8. The van der Waals surface area contributed by atoms with Crippen molar-refractivity contribution >= 4 is 21.6 Å². The van der Waals surface area contributed by atoms with E-state index in [9.17, 15) is 12.8 Å². The quantitative estimate of drug-likeness (QED) is 0.786. The predicted octanol–water partition coefficient (Wildman–Crippen LogP) is 3.33. The molecule has 2 aromatic rings. The Bertz CT molecular complexity index is 886. The molecule has 1 N–H and O–H groups in total. The highest BCUT2D eigenvalue weighted by Crippen LogP contribution is 2.39. The van der Waals surface area contributed by atoms with Gasteiger partial charge >= 0.3 is 10.2 Å². The number of fused-ring (bicyclic) bond motifs is 1. The summed E-state index contributed by atoms with van der Waals surface area (Å²) in [6, 6.07) is 11.6. The first-order chi connectivity index (χ1) is 12.4. The Balaban J connectivity index is 2.04. The number of rotatable bonds is 6. The van der Waals surface area contributed by atoms with E-state index in [1.807, 2.05) is 26.1 Å². The first-order valence-electron chi connectivity index (χ1n) is 8.74. The lowest BCUT2D eigenvalue weighted by Crippen LogP contribution is -2.46. The number of halogens is 1. The van der Waals surface area contributed by atoms with Crippen molar-refractivity contribution in [2.75, 3.05) is 24.4 Å². The molecule has 1 aliphatic rings. The zero-order chi connectivity index (χ0) is 18.7. The standard InChI is InChI=1S/C19H24FN3O2S/c1-15-9-10-18-16(13-15)14-22(12-6-5-11-21-2)26(24,25)23(18)19-8-4-3-7-17(19)20/h3-4,7-10,13,21H,5-6,11-12,14H2,1-2H3. The fraction of sp³-hybridized carbons (Fsp3) is 0.368. The summed E-state index contributed by atoms with van der Waals surface area (Å²) in [7, 11) is -1.98. The van der Waals surface area contributed by atoms with E-state index in [1.54, 1.807) is 18.2 Å². The summed E-state index contributed by atoms with van der Waals surface area (Å²) >= 11 is 0. The molecule has 0 aromatic heterocycles. The van der Waals surface area contributed by atoms with Gasteiger partial charge in [0.05, 0.1) is 11.4 Å². The summed E-state index contributed by atoms with van der Waals surface area (Å²) in [5, 5.41) is 3.06. The van der Waals surface area contributed by atoms with Crippen LogP contribution in [0.4, 0.5) is 15.8 Å². The molecule has 0 bridgehead atoms. The summed E-state index contributed by atoms with van der Waals surface area (Å²) < 4.78 is 43.5. The van der Waals surface area contributed by atoms with E-state index >= 15 is 0 Å². The molecular weight excluding hydrogens is 353 g/mol. The number of aryl methyl sites for hydroxylation is 1. The van der Waals surface area contributed by atoms with E-state index < -0.39 is 16.0 Å². The van der Waals surface area contributed by atoms with E-state index in [-0.39, 0.29) is 5.69 Å². The number of unbranched alkanes of at least 4 members (excludes halogenated alkanes) is 1. The van der Waals surface area contributed by atoms with Crippen LogP contribution in [-0.4, -0.2) is 32.9 Å². The lowest BCUT2D eigenvalue weighted by atomic mass is 10.1. The Labute approximate surface area is 154 Å². The number of nitrogens with zero attached hydrogens (tertiary/aromatic N) is 2. The van der Waals surface area contributed by atoms with Crippen molar-refractivity contribution in [1.82, 2.24) is 9.62 Å². The van der Waals surface area contributed by atoms with Crippen molar-refractivity contribution in [1.29, 1.82) is 0 Å². The van der Waals surface area contributed by atoms with Crippen LogP contribution in [0.5, 0.6) is 0 Å². The molecular formula is C19H24FN3O2S. The van der Waals surface area contributed by atoms with Crippen LogP contribution in [-0.2, 0) is 16.8 Å². The maximum Gasteiger partial charge on any atom is 0.308 e. The van der Waals surface area contributed by atoms with Crippen molar-refractivity contribution < 1.29 is 12.8 Å². The summed E-state index contributed by atoms with van der Waals surface area (Å²) in [5.41, 5.74) is 2.51. The highest BCUT2D eigenvalue weighted by molar-refractivity contribution is 7.90. The van der Waals surface area contributed by atoms with Crippen molar-refractivity contribution in [2.45, 2.75) is 26.3 Å². The third-order valence-corrected chi connectivity index (χ3v) is 6.33. The highest BCUT2D eigenvalue weighted by Gasteiger charge is 2.38. The molecule has 2 aromatic carbocycles. The van der Waals surface area contributed by atoms with Gasteiger partial charge in [-0.3, -0.25) is 0 Å². The number of benzene rings is 2. The highest BCUT2D eigenvalue weighted by atomic mass is 32.2. The number of hydrogen-bond acceptors (Lipinski definition) is 3. The van der Waals surface area contributed by atoms with Crippen LogP contribution >= 0.6 is 0 Å². The molecule has 0 saturated heterocycles. The van der Waals surface area contributed by atoms with Gasteiger partial charge in [-0.05, 0) is 57.1 Å². The average molecular weight is 377 g/mol. The van der Waals surface area contributed by atoms with Gasteiger partial charge in [0, 0.05) is 13.1 Å². The summed E-state index contributed by atoms with van der Waals surface area (Å²) in [6.07, 6.45) is 1.62. The number of hydrogen-bond donors (Lipinski definition) is 1. The Morgan fingerprint density at radius 3 is 2.62 bits per heavy atom. The molecule has 0 spiro atoms. The Hall–Kier alpha value is -1.96. The summed E-state index contributed by atoms with van der Waals surface area (Å²) in [6.45, 7) is 3.51.